The SMILES string of the molecule is CO[C@H]1O[C@H](CO)[C@](O)([C@@H]2O[C@H](CO)[C@H](O)[C@@H](NC(=O)Nc3ccccc3)[C@H]2O)[C@H](O)[C@@H]1NC(C)=O. The summed E-state index contributed by atoms with van der Waals surface area (Å²) in [6, 6.07) is 4.64. The van der Waals surface area contributed by atoms with Crippen LogP contribution in [0.15, 0.2) is 30.3 Å². The summed E-state index contributed by atoms with van der Waals surface area (Å²) in [4.78, 5) is 24.3. The van der Waals surface area contributed by atoms with Crippen molar-refractivity contribution >= 4 is 17.6 Å². The molecule has 2 aliphatic rings. The Labute approximate surface area is 206 Å². The van der Waals surface area contributed by atoms with E-state index >= 15 is 0 Å². The molecule has 3 amide bonds. The topological polar surface area (TPSA) is 219 Å². The van der Waals surface area contributed by atoms with Crippen LogP contribution in [0.25, 0.3) is 0 Å². The van der Waals surface area contributed by atoms with E-state index in [-0.39, 0.29) is 0 Å². The maximum Gasteiger partial charge on any atom is 0.319 e. The van der Waals surface area contributed by atoms with Crippen LogP contribution in [0.2, 0.25) is 0 Å². The third-order valence-corrected chi connectivity index (χ3v) is 6.40. The van der Waals surface area contributed by atoms with Gasteiger partial charge in [0.05, 0.1) is 19.3 Å². The van der Waals surface area contributed by atoms with Gasteiger partial charge in [-0.3, -0.25) is 4.79 Å². The lowest BCUT2D eigenvalue weighted by atomic mass is 9.73. The second kappa shape index (κ2) is 11.8. The number of carbonyl (C=O) groups excluding carboxylic acids is 2. The largest absolute Gasteiger partial charge is 0.394 e. The molecule has 2 heterocycles. The van der Waals surface area contributed by atoms with Crippen LogP contribution in [0.1, 0.15) is 6.92 Å². The Morgan fingerprint density at radius 3 is 2.22 bits per heavy atom. The quantitative estimate of drug-likeness (QED) is 0.174. The lowest BCUT2D eigenvalue weighted by Gasteiger charge is -2.55. The van der Waals surface area contributed by atoms with Crippen molar-refractivity contribution < 1.29 is 54.4 Å². The van der Waals surface area contributed by atoms with Gasteiger partial charge in [0, 0.05) is 19.7 Å². The molecule has 1 aromatic carbocycles. The molecule has 0 aromatic heterocycles. The minimum absolute atomic E-state index is 0.417. The molecule has 36 heavy (non-hydrogen) atoms. The Balaban J connectivity index is 1.92. The van der Waals surface area contributed by atoms with Gasteiger partial charge in [0.15, 0.2) is 6.29 Å². The van der Waals surface area contributed by atoms with E-state index in [1.54, 1.807) is 30.3 Å². The van der Waals surface area contributed by atoms with Crippen molar-refractivity contribution in [3.05, 3.63) is 30.3 Å². The fraction of sp³-hybridized carbons (Fsp3) is 0.636. The number of anilines is 1. The molecule has 9 N–H and O–H groups in total. The van der Waals surface area contributed by atoms with Gasteiger partial charge in [-0.05, 0) is 12.1 Å². The van der Waals surface area contributed by atoms with Crippen molar-refractivity contribution in [2.45, 2.75) is 67.5 Å². The van der Waals surface area contributed by atoms with Gasteiger partial charge in [-0.25, -0.2) is 4.79 Å². The standard InChI is InChI=1S/C22H33N3O11/c1-10(28)23-15-18(31)22(33,13(9-27)36-20(15)34-2)19-17(30)14(16(29)12(8-26)35-19)25-21(32)24-11-6-4-3-5-7-11/h3-7,12-20,26-27,29-31,33H,8-9H2,1-2H3,(H,23,28)(H2,24,25,32)/t12-,13-,14-,15+,16+,17-,18-,19-,20+,22-/m1/s1. The zero-order chi connectivity index (χ0) is 26.6. The molecule has 0 radical (unpaired) electrons. The van der Waals surface area contributed by atoms with Gasteiger partial charge in [0.25, 0.3) is 0 Å². The molecule has 14 nitrogen and oxygen atoms in total. The fourth-order valence-electron chi connectivity index (χ4n) is 4.62. The zero-order valence-corrected chi connectivity index (χ0v) is 19.7. The lowest BCUT2D eigenvalue weighted by Crippen LogP contribution is -2.79. The number of hydrogen-bond acceptors (Lipinski definition) is 11. The van der Waals surface area contributed by atoms with Crippen LogP contribution in [0.4, 0.5) is 10.5 Å². The predicted molar refractivity (Wildman–Crippen MR) is 121 cm³/mol. The van der Waals surface area contributed by atoms with Gasteiger partial charge >= 0.3 is 6.03 Å². The average Bonchev–Trinajstić information content (AvgIpc) is 2.85. The van der Waals surface area contributed by atoms with Gasteiger partial charge in [-0.15, -0.1) is 0 Å². The molecule has 0 aliphatic carbocycles. The molecule has 0 spiro atoms. The highest BCUT2D eigenvalue weighted by Crippen LogP contribution is 2.39. The van der Waals surface area contributed by atoms with Crippen LogP contribution >= 0.6 is 0 Å². The number of carbonyl (C=O) groups is 2. The first-order valence-corrected chi connectivity index (χ1v) is 11.3. The van der Waals surface area contributed by atoms with E-state index in [2.05, 4.69) is 16.0 Å². The van der Waals surface area contributed by atoms with E-state index in [0.717, 1.165) is 6.92 Å². The molecule has 0 bridgehead atoms. The number of nitrogens with one attached hydrogen (secondary N) is 3. The molecular weight excluding hydrogens is 482 g/mol. The minimum atomic E-state index is -2.60. The lowest BCUT2D eigenvalue weighted by molar-refractivity contribution is -0.347. The van der Waals surface area contributed by atoms with Crippen LogP contribution in [-0.2, 0) is 19.0 Å². The van der Waals surface area contributed by atoms with Gasteiger partial charge in [0.2, 0.25) is 5.91 Å². The first-order valence-electron chi connectivity index (χ1n) is 11.3. The first-order chi connectivity index (χ1) is 17.1. The number of amides is 3. The summed E-state index contributed by atoms with van der Waals surface area (Å²) in [6.45, 7) is -0.493. The molecular formula is C22H33N3O11. The summed E-state index contributed by atoms with van der Waals surface area (Å²) in [5, 5.41) is 71.6. The Morgan fingerprint density at radius 1 is 1.00 bits per heavy atom. The summed E-state index contributed by atoms with van der Waals surface area (Å²) in [7, 11) is 1.22. The third kappa shape index (κ3) is 5.46. The number of methoxy groups -OCH3 is 1. The van der Waals surface area contributed by atoms with Crippen LogP contribution in [0.5, 0.6) is 0 Å². The van der Waals surface area contributed by atoms with Crippen molar-refractivity contribution in [2.24, 2.45) is 0 Å². The summed E-state index contributed by atoms with van der Waals surface area (Å²) < 4.78 is 16.3. The number of ether oxygens (including phenoxy) is 3. The summed E-state index contributed by atoms with van der Waals surface area (Å²) in [6.07, 6.45) is -11.6. The first kappa shape index (κ1) is 28.2. The Bertz CT molecular complexity index is 893. The van der Waals surface area contributed by atoms with E-state index in [0.29, 0.717) is 5.69 Å². The molecule has 0 saturated carbocycles. The summed E-state index contributed by atoms with van der Waals surface area (Å²) in [5.41, 5.74) is -2.18. The third-order valence-electron chi connectivity index (χ3n) is 6.40. The van der Waals surface area contributed by atoms with E-state index in [9.17, 15) is 40.2 Å². The van der Waals surface area contributed by atoms with Crippen molar-refractivity contribution in [3.8, 4) is 0 Å². The molecule has 14 heteroatoms. The maximum atomic E-state index is 12.6. The normalized spacial score (nSPS) is 38.7. The Hall–Kier alpha value is -2.40. The van der Waals surface area contributed by atoms with Gasteiger partial charge < -0.3 is 60.8 Å². The van der Waals surface area contributed by atoms with Crippen LogP contribution < -0.4 is 16.0 Å². The monoisotopic (exact) mass is 515 g/mol. The zero-order valence-electron chi connectivity index (χ0n) is 19.7. The number of aliphatic hydroxyl groups excluding tert-OH is 5. The van der Waals surface area contributed by atoms with Gasteiger partial charge in [-0.2, -0.15) is 0 Å². The molecule has 2 fully saturated rings. The highest BCUT2D eigenvalue weighted by Gasteiger charge is 2.64. The molecule has 0 unspecified atom stereocenters. The number of rotatable bonds is 7. The predicted octanol–water partition coefficient (Wildman–Crippen LogP) is -3.38. The molecule has 2 saturated heterocycles. The van der Waals surface area contributed by atoms with Gasteiger partial charge in [-0.1, -0.05) is 18.2 Å². The van der Waals surface area contributed by atoms with Crippen LogP contribution in [0.3, 0.4) is 0 Å². The average molecular weight is 516 g/mol. The van der Waals surface area contributed by atoms with E-state index in [1.807, 2.05) is 0 Å². The summed E-state index contributed by atoms with van der Waals surface area (Å²) in [5.74, 6) is -0.597. The minimum Gasteiger partial charge on any atom is -0.394 e. The molecule has 3 rings (SSSR count). The molecule has 202 valence electrons. The summed E-state index contributed by atoms with van der Waals surface area (Å²) >= 11 is 0. The Kier molecular flexibility index (Phi) is 9.21. The smallest absolute Gasteiger partial charge is 0.319 e. The fourth-order valence-corrected chi connectivity index (χ4v) is 4.62. The van der Waals surface area contributed by atoms with E-state index in [4.69, 9.17) is 14.2 Å². The van der Waals surface area contributed by atoms with Crippen molar-refractivity contribution in [2.75, 3.05) is 25.6 Å². The molecule has 10 atom stereocenters. The molecule has 2 aliphatic heterocycles. The van der Waals surface area contributed by atoms with Gasteiger partial charge in [0.1, 0.15) is 48.3 Å². The molecule has 1 aromatic rings. The number of urea groups is 1. The van der Waals surface area contributed by atoms with Crippen LogP contribution in [-0.4, -0.2) is 123 Å². The highest BCUT2D eigenvalue weighted by molar-refractivity contribution is 5.89. The van der Waals surface area contributed by atoms with Crippen molar-refractivity contribution in [3.63, 3.8) is 0 Å². The highest BCUT2D eigenvalue weighted by atomic mass is 16.7. The number of hydrogen-bond donors (Lipinski definition) is 9. The van der Waals surface area contributed by atoms with Crippen molar-refractivity contribution in [1.29, 1.82) is 0 Å². The maximum absolute atomic E-state index is 12.6. The van der Waals surface area contributed by atoms with Crippen molar-refractivity contribution in [1.82, 2.24) is 10.6 Å². The number of aliphatic hydroxyl groups is 6. The second-order valence-electron chi connectivity index (χ2n) is 8.72. The second-order valence-corrected chi connectivity index (χ2v) is 8.72. The van der Waals surface area contributed by atoms with E-state index < -0.39 is 85.8 Å². The number of benzene rings is 1. The van der Waals surface area contributed by atoms with E-state index in [1.165, 1.54) is 7.11 Å². The van der Waals surface area contributed by atoms with Crippen LogP contribution in [0, 0.1) is 0 Å². The number of para-hydroxylation sites is 1. The Morgan fingerprint density at radius 2 is 1.67 bits per heavy atom.